The molecule has 154 valence electrons. The molecule has 4 nitrogen and oxygen atoms in total. The number of halogens is 1. The van der Waals surface area contributed by atoms with Crippen LogP contribution in [0.25, 0.3) is 5.57 Å². The van der Waals surface area contributed by atoms with Gasteiger partial charge >= 0.3 is 5.97 Å². The van der Waals surface area contributed by atoms with Crippen LogP contribution in [-0.2, 0) is 4.79 Å². The van der Waals surface area contributed by atoms with Crippen molar-refractivity contribution >= 4 is 28.8 Å². The summed E-state index contributed by atoms with van der Waals surface area (Å²) in [4.78, 5) is 16.0. The first-order valence-corrected chi connectivity index (χ1v) is 11.1. The summed E-state index contributed by atoms with van der Waals surface area (Å²) in [6.07, 6.45) is 15.9. The molecule has 1 aromatic carbocycles. The number of rotatable bonds is 6. The highest BCUT2D eigenvalue weighted by Crippen LogP contribution is 2.39. The lowest BCUT2D eigenvalue weighted by Crippen LogP contribution is -2.45. The van der Waals surface area contributed by atoms with Crippen molar-refractivity contribution in [3.05, 3.63) is 58.8 Å². The molecule has 29 heavy (non-hydrogen) atoms. The molecule has 0 bridgehead atoms. The van der Waals surface area contributed by atoms with E-state index in [9.17, 15) is 9.90 Å². The molecular weight excluding hydrogens is 384 g/mol. The van der Waals surface area contributed by atoms with E-state index in [2.05, 4.69) is 46.4 Å². The van der Waals surface area contributed by atoms with Crippen LogP contribution in [-0.4, -0.2) is 41.7 Å². The van der Waals surface area contributed by atoms with Crippen LogP contribution in [0.4, 0.5) is 5.69 Å². The number of hydrogen-bond donors (Lipinski definition) is 1. The number of carbonyl (C=O) groups is 1. The van der Waals surface area contributed by atoms with Crippen LogP contribution in [0.5, 0.6) is 0 Å². The molecular formula is C24H29ClN2O2. The number of allylic oxidation sites excluding steroid dienone is 5. The third kappa shape index (κ3) is 4.59. The Bertz CT molecular complexity index is 858. The summed E-state index contributed by atoms with van der Waals surface area (Å²) in [6, 6.07) is 5.89. The fourth-order valence-corrected chi connectivity index (χ4v) is 4.88. The van der Waals surface area contributed by atoms with Crippen molar-refractivity contribution < 1.29 is 9.90 Å². The molecule has 0 saturated carbocycles. The third-order valence-corrected chi connectivity index (χ3v) is 6.46. The molecule has 1 atom stereocenters. The lowest BCUT2D eigenvalue weighted by molar-refractivity contribution is -0.144. The zero-order valence-corrected chi connectivity index (χ0v) is 17.6. The van der Waals surface area contributed by atoms with Crippen molar-refractivity contribution in [2.45, 2.75) is 51.0 Å². The van der Waals surface area contributed by atoms with E-state index in [-0.39, 0.29) is 6.04 Å². The summed E-state index contributed by atoms with van der Waals surface area (Å²) in [6.45, 7) is 2.69. The monoisotopic (exact) mass is 412 g/mol. The van der Waals surface area contributed by atoms with Gasteiger partial charge in [-0.3, -0.25) is 9.69 Å². The fraction of sp³-hybridized carbons (Fsp3) is 0.458. The maximum absolute atomic E-state index is 11.5. The summed E-state index contributed by atoms with van der Waals surface area (Å²) < 4.78 is 0. The molecule has 3 aliphatic rings. The smallest absolute Gasteiger partial charge is 0.320 e. The largest absolute Gasteiger partial charge is 0.480 e. The minimum Gasteiger partial charge on any atom is -0.480 e. The number of carboxylic acids is 1. The van der Waals surface area contributed by atoms with E-state index in [1.54, 1.807) is 0 Å². The quantitative estimate of drug-likeness (QED) is 0.627. The van der Waals surface area contributed by atoms with Crippen LogP contribution in [0.2, 0.25) is 5.02 Å². The van der Waals surface area contributed by atoms with E-state index in [4.69, 9.17) is 11.6 Å². The number of unbranched alkanes of at least 4 members (excludes halogenated alkanes) is 1. The Balaban J connectivity index is 1.42. The molecule has 1 aromatic rings. The highest BCUT2D eigenvalue weighted by atomic mass is 35.5. The number of fused-ring (bicyclic) bond motifs is 2. The Hall–Kier alpha value is -2.04. The Morgan fingerprint density at radius 1 is 1.17 bits per heavy atom. The molecule has 1 fully saturated rings. The normalized spacial score (nSPS) is 21.7. The van der Waals surface area contributed by atoms with Gasteiger partial charge in [0.05, 0.1) is 0 Å². The van der Waals surface area contributed by atoms with Gasteiger partial charge in [-0.2, -0.15) is 0 Å². The first kappa shape index (κ1) is 20.2. The Morgan fingerprint density at radius 2 is 2.03 bits per heavy atom. The highest BCUT2D eigenvalue weighted by molar-refractivity contribution is 6.30. The molecule has 2 heterocycles. The number of likely N-dealkylation sites (tertiary alicyclic amines) is 1. The molecule has 5 heteroatoms. The van der Waals surface area contributed by atoms with Crippen LogP contribution >= 0.6 is 11.6 Å². The summed E-state index contributed by atoms with van der Waals surface area (Å²) in [5, 5.41) is 10.2. The Labute approximate surface area is 178 Å². The van der Waals surface area contributed by atoms with E-state index >= 15 is 0 Å². The van der Waals surface area contributed by atoms with Gasteiger partial charge in [0.1, 0.15) is 6.04 Å². The van der Waals surface area contributed by atoms with E-state index < -0.39 is 5.97 Å². The van der Waals surface area contributed by atoms with Gasteiger partial charge in [-0.1, -0.05) is 30.2 Å². The van der Waals surface area contributed by atoms with Gasteiger partial charge in [0.25, 0.3) is 0 Å². The minimum atomic E-state index is -0.671. The van der Waals surface area contributed by atoms with Gasteiger partial charge in [0, 0.05) is 29.0 Å². The molecule has 0 spiro atoms. The van der Waals surface area contributed by atoms with Gasteiger partial charge in [-0.15, -0.1) is 0 Å². The Kier molecular flexibility index (Phi) is 6.41. The molecule has 1 saturated heterocycles. The lowest BCUT2D eigenvalue weighted by Gasteiger charge is -2.33. The van der Waals surface area contributed by atoms with Gasteiger partial charge in [-0.05, 0) is 87.0 Å². The number of aliphatic carboxylic acids is 1. The minimum absolute atomic E-state index is 0.299. The summed E-state index contributed by atoms with van der Waals surface area (Å²) in [7, 11) is 0. The van der Waals surface area contributed by atoms with Crippen molar-refractivity contribution in [1.29, 1.82) is 0 Å². The van der Waals surface area contributed by atoms with E-state index in [1.165, 1.54) is 22.4 Å². The summed E-state index contributed by atoms with van der Waals surface area (Å²) in [5.41, 5.74) is 5.11. The Morgan fingerprint density at radius 3 is 2.90 bits per heavy atom. The second-order valence-corrected chi connectivity index (χ2v) is 8.57. The molecule has 1 N–H and O–H groups in total. The molecule has 0 aromatic heterocycles. The first-order valence-electron chi connectivity index (χ1n) is 10.7. The molecule has 1 unspecified atom stereocenters. The predicted molar refractivity (Wildman–Crippen MR) is 119 cm³/mol. The van der Waals surface area contributed by atoms with Gasteiger partial charge in [-0.25, -0.2) is 0 Å². The van der Waals surface area contributed by atoms with Crippen molar-refractivity contribution in [3.8, 4) is 0 Å². The van der Waals surface area contributed by atoms with Gasteiger partial charge in [0.15, 0.2) is 0 Å². The number of nitrogens with zero attached hydrogens (tertiary/aromatic N) is 2. The van der Waals surface area contributed by atoms with Crippen molar-refractivity contribution in [2.75, 3.05) is 24.5 Å². The van der Waals surface area contributed by atoms with Crippen LogP contribution in [0, 0.1) is 0 Å². The average molecular weight is 413 g/mol. The van der Waals surface area contributed by atoms with Gasteiger partial charge < -0.3 is 10.0 Å². The topological polar surface area (TPSA) is 43.8 Å². The maximum atomic E-state index is 11.5. The molecule has 1 aliphatic carbocycles. The first-order chi connectivity index (χ1) is 14.1. The SMILES string of the molecule is O=C(O)C1CCCCN1CCCCN1C=CC2=C(CCC=C2)c2cc(Cl)ccc21. The number of anilines is 1. The maximum Gasteiger partial charge on any atom is 0.320 e. The molecule has 4 rings (SSSR count). The van der Waals surface area contributed by atoms with E-state index in [0.717, 1.165) is 69.6 Å². The number of piperidine rings is 1. The lowest BCUT2D eigenvalue weighted by atomic mass is 9.91. The predicted octanol–water partition coefficient (Wildman–Crippen LogP) is 5.50. The second kappa shape index (κ2) is 9.19. The standard InChI is InChI=1S/C24H29ClN2O2/c25-19-10-11-22-21(17-19)20-8-2-1-7-18(20)12-16-27(22)15-6-5-14-26-13-4-3-9-23(26)24(28)29/h1,7,10-12,16-17,23H,2-6,8-9,13-15H2,(H,28,29). The number of benzene rings is 1. The zero-order chi connectivity index (χ0) is 20.2. The second-order valence-electron chi connectivity index (χ2n) is 8.14. The van der Waals surface area contributed by atoms with E-state index in [1.807, 2.05) is 6.07 Å². The molecule has 0 radical (unpaired) electrons. The van der Waals surface area contributed by atoms with Crippen molar-refractivity contribution in [2.24, 2.45) is 0 Å². The fourth-order valence-electron chi connectivity index (χ4n) is 4.71. The van der Waals surface area contributed by atoms with Crippen LogP contribution < -0.4 is 4.90 Å². The van der Waals surface area contributed by atoms with Crippen molar-refractivity contribution in [1.82, 2.24) is 4.90 Å². The van der Waals surface area contributed by atoms with Crippen LogP contribution in [0.15, 0.2) is 48.2 Å². The summed E-state index contributed by atoms with van der Waals surface area (Å²) >= 11 is 6.33. The number of carboxylic acid groups (broad SMARTS) is 1. The number of hydrogen-bond acceptors (Lipinski definition) is 3. The van der Waals surface area contributed by atoms with Crippen molar-refractivity contribution in [3.63, 3.8) is 0 Å². The van der Waals surface area contributed by atoms with Gasteiger partial charge in [0.2, 0.25) is 0 Å². The van der Waals surface area contributed by atoms with E-state index in [0.29, 0.717) is 0 Å². The average Bonchev–Trinajstić information content (AvgIpc) is 2.88. The summed E-state index contributed by atoms with van der Waals surface area (Å²) in [5.74, 6) is -0.671. The van der Waals surface area contributed by atoms with Crippen LogP contribution in [0.3, 0.4) is 0 Å². The molecule has 0 amide bonds. The molecule has 2 aliphatic heterocycles. The zero-order valence-electron chi connectivity index (χ0n) is 16.8. The highest BCUT2D eigenvalue weighted by Gasteiger charge is 2.27. The third-order valence-electron chi connectivity index (χ3n) is 6.23. The van der Waals surface area contributed by atoms with Crippen LogP contribution in [0.1, 0.15) is 50.5 Å².